The summed E-state index contributed by atoms with van der Waals surface area (Å²) in [6.07, 6.45) is -3.09. The molecule has 0 aliphatic carbocycles. The van der Waals surface area contributed by atoms with Gasteiger partial charge in [0.25, 0.3) is 0 Å². The molecule has 10 nitrogen and oxygen atoms in total. The summed E-state index contributed by atoms with van der Waals surface area (Å²) in [5.41, 5.74) is 8.46. The van der Waals surface area contributed by atoms with Crippen LogP contribution in [-0.4, -0.2) is 76.6 Å². The Morgan fingerprint density at radius 3 is 1.88 bits per heavy atom. The predicted octanol–water partition coefficient (Wildman–Crippen LogP) is 6.29. The van der Waals surface area contributed by atoms with E-state index in [0.29, 0.717) is 12.8 Å². The molecule has 0 aromatic heterocycles. The topological polar surface area (TPSA) is 179 Å². The highest BCUT2D eigenvalue weighted by molar-refractivity contribution is 6.43. The van der Waals surface area contributed by atoms with Crippen LogP contribution in [0.1, 0.15) is 116 Å². The number of unbranched alkanes of at least 4 members (excludes halogenated alkanes) is 2. The molecule has 0 aliphatic rings. The highest BCUT2D eigenvalue weighted by Gasteiger charge is 2.43. The van der Waals surface area contributed by atoms with E-state index < -0.39 is 91.3 Å². The minimum absolute atomic E-state index is 0.00231. The largest absolute Gasteiger partial charge is 0.454 e. The van der Waals surface area contributed by atoms with Crippen LogP contribution in [0.3, 0.4) is 0 Å². The highest BCUT2D eigenvalue weighted by atomic mass is 19.4. The molecule has 0 radical (unpaired) electrons. The molecule has 56 heavy (non-hydrogen) atoms. The van der Waals surface area contributed by atoms with Crippen molar-refractivity contribution in [1.29, 1.82) is 0 Å². The number of amides is 2. The summed E-state index contributed by atoms with van der Waals surface area (Å²) < 4.78 is 44.1. The van der Waals surface area contributed by atoms with Crippen LogP contribution in [0.2, 0.25) is 5.82 Å². The quantitative estimate of drug-likeness (QED) is 0.0502. The number of hydrogen-bond acceptors (Lipinski definition) is 8. The van der Waals surface area contributed by atoms with Gasteiger partial charge >= 0.3 is 13.3 Å². The SMILES string of the molecule is CCCCc1ccc(-c2ccc(C(C[C@@H](CCCCN)C(=O)N[C@H](C(=O)C[C@@H](C)C(=O)N[C@@H](CC(C)C)C(=O)C[C@@H](C)B(O)O)[C@@H](C)O)C(F)(F)F)cc2)cc1. The van der Waals surface area contributed by atoms with Crippen LogP contribution in [0.5, 0.6) is 0 Å². The zero-order valence-electron chi connectivity index (χ0n) is 33.8. The number of rotatable bonds is 25. The number of benzene rings is 2. The molecule has 0 aliphatic heterocycles. The van der Waals surface area contributed by atoms with E-state index in [9.17, 15) is 47.5 Å². The van der Waals surface area contributed by atoms with Gasteiger partial charge in [0.15, 0.2) is 11.6 Å². The third-order valence-electron chi connectivity index (χ3n) is 10.2. The molecular weight excluding hydrogens is 726 g/mol. The number of carbonyl (C=O) groups is 4. The van der Waals surface area contributed by atoms with Gasteiger partial charge in [0.1, 0.15) is 6.04 Å². The van der Waals surface area contributed by atoms with Crippen LogP contribution < -0.4 is 16.4 Å². The highest BCUT2D eigenvalue weighted by Crippen LogP contribution is 2.41. The van der Waals surface area contributed by atoms with Crippen LogP contribution in [0.25, 0.3) is 11.1 Å². The van der Waals surface area contributed by atoms with Crippen molar-refractivity contribution < 1.29 is 47.5 Å². The van der Waals surface area contributed by atoms with E-state index >= 15 is 0 Å². The molecule has 0 saturated carbocycles. The van der Waals surface area contributed by atoms with E-state index in [1.807, 2.05) is 38.1 Å². The van der Waals surface area contributed by atoms with Crippen LogP contribution in [-0.2, 0) is 25.6 Å². The van der Waals surface area contributed by atoms with Gasteiger partial charge in [0, 0.05) is 24.7 Å². The van der Waals surface area contributed by atoms with E-state index in [4.69, 9.17) is 5.73 Å². The molecule has 2 rings (SSSR count). The van der Waals surface area contributed by atoms with Gasteiger partial charge in [0.05, 0.1) is 18.1 Å². The summed E-state index contributed by atoms with van der Waals surface area (Å²) in [4.78, 5) is 53.3. The van der Waals surface area contributed by atoms with Crippen molar-refractivity contribution in [2.24, 2.45) is 23.5 Å². The van der Waals surface area contributed by atoms with E-state index in [1.165, 1.54) is 38.5 Å². The number of nitrogens with two attached hydrogens (primary N) is 1. The van der Waals surface area contributed by atoms with Gasteiger partial charge in [-0.3, -0.25) is 19.2 Å². The normalized spacial score (nSPS) is 15.6. The molecule has 2 amide bonds. The van der Waals surface area contributed by atoms with Gasteiger partial charge in [-0.2, -0.15) is 13.2 Å². The molecule has 0 fully saturated rings. The standard InChI is InChI=1S/C42H63BF3N3O7/c1-7-8-11-30-13-15-31(16-14-30)32-17-19-33(20-18-32)35(42(44,45)46)25-34(12-9-10-21-47)41(54)49-39(29(6)50)38(52)23-27(4)40(53)48-36(22-26(2)3)37(51)24-28(5)43(55)56/h13-20,26-29,34-36,39,50,55-56H,7-12,21-25,47H2,1-6H3,(H,48,53)(H,49,54)/t27-,28-,29-,34-,35?,36+,39+/m1/s1. The maximum atomic E-state index is 14.7. The van der Waals surface area contributed by atoms with Crippen molar-refractivity contribution in [1.82, 2.24) is 10.6 Å². The first-order valence-corrected chi connectivity index (χ1v) is 19.9. The summed E-state index contributed by atoms with van der Waals surface area (Å²) >= 11 is 0. The summed E-state index contributed by atoms with van der Waals surface area (Å²) in [6.45, 7) is 10.3. The van der Waals surface area contributed by atoms with Crippen molar-refractivity contribution >= 4 is 30.5 Å². The first-order valence-electron chi connectivity index (χ1n) is 19.9. The van der Waals surface area contributed by atoms with Crippen molar-refractivity contribution in [3.63, 3.8) is 0 Å². The van der Waals surface area contributed by atoms with E-state index in [-0.39, 0.29) is 37.3 Å². The van der Waals surface area contributed by atoms with E-state index in [1.54, 1.807) is 12.1 Å². The number of hydrogen-bond donors (Lipinski definition) is 6. The molecular formula is C42H63BF3N3O7. The van der Waals surface area contributed by atoms with Crippen LogP contribution in [0.4, 0.5) is 13.2 Å². The monoisotopic (exact) mass is 789 g/mol. The molecule has 0 bridgehead atoms. The number of Topliss-reactive ketones (excluding diaryl/α,β-unsaturated/α-hetero) is 2. The lowest BCUT2D eigenvalue weighted by molar-refractivity contribution is -0.156. The van der Waals surface area contributed by atoms with Gasteiger partial charge in [-0.05, 0) is 86.0 Å². The van der Waals surface area contributed by atoms with Gasteiger partial charge < -0.3 is 31.5 Å². The number of aryl methyl sites for hydroxylation is 1. The van der Waals surface area contributed by atoms with Gasteiger partial charge in [-0.25, -0.2) is 0 Å². The summed E-state index contributed by atoms with van der Waals surface area (Å²) in [5, 5.41) is 34.6. The number of ketones is 2. The summed E-state index contributed by atoms with van der Waals surface area (Å²) in [7, 11) is -1.71. The van der Waals surface area contributed by atoms with E-state index in [0.717, 1.165) is 30.4 Å². The lowest BCUT2D eigenvalue weighted by Gasteiger charge is -2.28. The Labute approximate surface area is 330 Å². The van der Waals surface area contributed by atoms with Gasteiger partial charge in [-0.15, -0.1) is 0 Å². The first kappa shape index (κ1) is 48.6. The Hall–Kier alpha value is -3.59. The maximum Gasteiger partial charge on any atom is 0.454 e. The molecule has 14 heteroatoms. The fourth-order valence-corrected chi connectivity index (χ4v) is 6.67. The summed E-state index contributed by atoms with van der Waals surface area (Å²) in [6, 6.07) is 11.6. The van der Waals surface area contributed by atoms with E-state index in [2.05, 4.69) is 17.6 Å². The predicted molar refractivity (Wildman–Crippen MR) is 213 cm³/mol. The van der Waals surface area contributed by atoms with Crippen LogP contribution in [0.15, 0.2) is 48.5 Å². The fraction of sp³-hybridized carbons (Fsp3) is 0.619. The Bertz CT molecular complexity index is 1520. The van der Waals surface area contributed by atoms with Crippen molar-refractivity contribution in [2.45, 2.75) is 142 Å². The number of halogens is 3. The number of nitrogens with one attached hydrogen (secondary N) is 2. The number of aliphatic hydroxyl groups is 1. The molecule has 1 unspecified atom stereocenters. The average Bonchev–Trinajstić information content (AvgIpc) is 3.13. The Morgan fingerprint density at radius 2 is 1.38 bits per heavy atom. The molecule has 2 aromatic carbocycles. The second-order valence-electron chi connectivity index (χ2n) is 15.8. The third-order valence-corrected chi connectivity index (χ3v) is 10.2. The van der Waals surface area contributed by atoms with Crippen LogP contribution >= 0.6 is 0 Å². The number of aliphatic hydroxyl groups excluding tert-OH is 1. The lowest BCUT2D eigenvalue weighted by Crippen LogP contribution is -2.51. The number of carbonyl (C=O) groups excluding carboxylic acids is 4. The second-order valence-corrected chi connectivity index (χ2v) is 15.8. The van der Waals surface area contributed by atoms with Crippen LogP contribution in [0, 0.1) is 17.8 Å². The van der Waals surface area contributed by atoms with Crippen molar-refractivity contribution in [2.75, 3.05) is 6.54 Å². The number of alkyl halides is 3. The van der Waals surface area contributed by atoms with Gasteiger partial charge in [-0.1, -0.05) is 96.0 Å². The Morgan fingerprint density at radius 1 is 0.786 bits per heavy atom. The zero-order valence-corrected chi connectivity index (χ0v) is 33.8. The molecule has 0 saturated heterocycles. The maximum absolute atomic E-state index is 14.7. The molecule has 7 atom stereocenters. The van der Waals surface area contributed by atoms with Crippen molar-refractivity contribution in [3.8, 4) is 11.1 Å². The Balaban J connectivity index is 2.24. The molecule has 0 spiro atoms. The smallest absolute Gasteiger partial charge is 0.427 e. The minimum Gasteiger partial charge on any atom is -0.427 e. The minimum atomic E-state index is -4.69. The zero-order chi connectivity index (χ0) is 42.2. The summed E-state index contributed by atoms with van der Waals surface area (Å²) in [5.74, 6) is -7.50. The molecule has 7 N–H and O–H groups in total. The first-order chi connectivity index (χ1) is 26.3. The average molecular weight is 790 g/mol. The third kappa shape index (κ3) is 16.1. The lowest BCUT2D eigenvalue weighted by atomic mass is 9.71. The molecule has 2 aromatic rings. The Kier molecular flexibility index (Phi) is 20.5. The molecule has 312 valence electrons. The van der Waals surface area contributed by atoms with Crippen molar-refractivity contribution in [3.05, 3.63) is 59.7 Å². The molecule has 0 heterocycles. The second kappa shape index (κ2) is 23.6. The van der Waals surface area contributed by atoms with Gasteiger partial charge in [0.2, 0.25) is 11.8 Å². The fourth-order valence-electron chi connectivity index (χ4n) is 6.67.